The van der Waals surface area contributed by atoms with Gasteiger partial charge < -0.3 is 4.90 Å². The molecule has 0 saturated carbocycles. The minimum absolute atomic E-state index is 1.11. The lowest BCUT2D eigenvalue weighted by atomic mass is 9.94. The van der Waals surface area contributed by atoms with Crippen molar-refractivity contribution in [2.24, 2.45) is 0 Å². The van der Waals surface area contributed by atoms with Crippen molar-refractivity contribution in [1.29, 1.82) is 0 Å². The zero-order valence-electron chi connectivity index (χ0n) is 29.2. The summed E-state index contributed by atoms with van der Waals surface area (Å²) in [7, 11) is 0. The standard InChI is InChI=1S/C52H35N/c1-2-8-36(9-3-1)38-20-27-47(28-21-38)53(48-29-22-39(23-30-48)44-18-14-37-10-4-5-12-43(37)34-44)49-31-24-40(25-32-49)45-26-33-51-46(35-45)19-17-42-16-15-41-11-6-7-13-50(41)52(42)51/h1-35H. The third kappa shape index (κ3) is 5.69. The minimum Gasteiger partial charge on any atom is -0.311 e. The molecule has 248 valence electrons. The summed E-state index contributed by atoms with van der Waals surface area (Å²) in [5.74, 6) is 0. The lowest BCUT2D eigenvalue weighted by Gasteiger charge is -2.26. The zero-order valence-corrected chi connectivity index (χ0v) is 29.2. The average Bonchev–Trinajstić information content (AvgIpc) is 3.24. The van der Waals surface area contributed by atoms with E-state index in [1.807, 2.05) is 0 Å². The summed E-state index contributed by atoms with van der Waals surface area (Å²) >= 11 is 0. The molecule has 0 aromatic heterocycles. The fourth-order valence-electron chi connectivity index (χ4n) is 7.87. The number of hydrogen-bond donors (Lipinski definition) is 0. The number of fused-ring (bicyclic) bond motifs is 6. The van der Waals surface area contributed by atoms with Crippen LogP contribution in [0.15, 0.2) is 212 Å². The Morgan fingerprint density at radius 2 is 0.623 bits per heavy atom. The third-order valence-corrected chi connectivity index (χ3v) is 10.6. The second kappa shape index (κ2) is 13.0. The van der Waals surface area contributed by atoms with E-state index < -0.39 is 0 Å². The van der Waals surface area contributed by atoms with Gasteiger partial charge in [0.1, 0.15) is 0 Å². The highest BCUT2D eigenvalue weighted by Gasteiger charge is 2.15. The normalized spacial score (nSPS) is 11.4. The highest BCUT2D eigenvalue weighted by atomic mass is 15.1. The number of nitrogens with zero attached hydrogens (tertiary/aromatic N) is 1. The molecule has 0 aliphatic rings. The van der Waals surface area contributed by atoms with E-state index in [2.05, 4.69) is 217 Å². The van der Waals surface area contributed by atoms with Gasteiger partial charge in [-0.3, -0.25) is 0 Å². The molecule has 0 radical (unpaired) electrons. The highest BCUT2D eigenvalue weighted by Crippen LogP contribution is 2.39. The van der Waals surface area contributed by atoms with Crippen LogP contribution in [-0.2, 0) is 0 Å². The fourth-order valence-corrected chi connectivity index (χ4v) is 7.87. The number of rotatable bonds is 6. The van der Waals surface area contributed by atoms with Gasteiger partial charge in [0.05, 0.1) is 0 Å². The molecule has 10 rings (SSSR count). The van der Waals surface area contributed by atoms with E-state index in [4.69, 9.17) is 0 Å². The van der Waals surface area contributed by atoms with Crippen LogP contribution in [0.25, 0.3) is 76.5 Å². The van der Waals surface area contributed by atoms with E-state index in [0.29, 0.717) is 0 Å². The van der Waals surface area contributed by atoms with Gasteiger partial charge in [-0.05, 0) is 125 Å². The molecule has 53 heavy (non-hydrogen) atoms. The van der Waals surface area contributed by atoms with Crippen LogP contribution in [0.3, 0.4) is 0 Å². The zero-order chi connectivity index (χ0) is 35.1. The molecule has 0 aliphatic carbocycles. The lowest BCUT2D eigenvalue weighted by molar-refractivity contribution is 1.28. The predicted molar refractivity (Wildman–Crippen MR) is 227 cm³/mol. The Hall–Kier alpha value is -6.96. The van der Waals surface area contributed by atoms with Crippen molar-refractivity contribution in [2.75, 3.05) is 4.90 Å². The molecule has 0 heterocycles. The molecule has 0 unspecified atom stereocenters. The fraction of sp³-hybridized carbons (Fsp3) is 0. The molecule has 10 aromatic rings. The predicted octanol–water partition coefficient (Wildman–Crippen LogP) is 14.8. The molecule has 0 aliphatic heterocycles. The molecule has 0 amide bonds. The van der Waals surface area contributed by atoms with Crippen LogP contribution in [0.4, 0.5) is 17.1 Å². The number of benzene rings is 10. The Balaban J connectivity index is 1.02. The van der Waals surface area contributed by atoms with Crippen molar-refractivity contribution in [3.05, 3.63) is 212 Å². The van der Waals surface area contributed by atoms with Crippen molar-refractivity contribution in [1.82, 2.24) is 0 Å². The Morgan fingerprint density at radius 1 is 0.226 bits per heavy atom. The molecule has 0 atom stereocenters. The van der Waals surface area contributed by atoms with Crippen molar-refractivity contribution in [3.8, 4) is 33.4 Å². The third-order valence-electron chi connectivity index (χ3n) is 10.6. The molecule has 1 nitrogen and oxygen atoms in total. The smallest absolute Gasteiger partial charge is 0.0462 e. The van der Waals surface area contributed by atoms with Crippen LogP contribution >= 0.6 is 0 Å². The first-order valence-corrected chi connectivity index (χ1v) is 18.2. The SMILES string of the molecule is c1ccc(-c2ccc(N(c3ccc(-c4ccc5ccccc5c4)cc3)c3ccc(-c4ccc5c(ccc6ccc7ccccc7c65)c4)cc3)cc2)cc1. The van der Waals surface area contributed by atoms with Crippen LogP contribution in [0, 0.1) is 0 Å². The van der Waals surface area contributed by atoms with Gasteiger partial charge in [0.25, 0.3) is 0 Å². The Bertz CT molecular complexity index is 2910. The lowest BCUT2D eigenvalue weighted by Crippen LogP contribution is -2.09. The maximum absolute atomic E-state index is 2.35. The summed E-state index contributed by atoms with van der Waals surface area (Å²) in [6.07, 6.45) is 0. The molecule has 0 fully saturated rings. The molecule has 0 saturated heterocycles. The maximum Gasteiger partial charge on any atom is 0.0462 e. The Morgan fingerprint density at radius 3 is 1.26 bits per heavy atom. The van der Waals surface area contributed by atoms with E-state index in [1.165, 1.54) is 76.5 Å². The molecule has 10 aromatic carbocycles. The maximum atomic E-state index is 2.35. The quantitative estimate of drug-likeness (QED) is 0.159. The van der Waals surface area contributed by atoms with Gasteiger partial charge >= 0.3 is 0 Å². The second-order valence-corrected chi connectivity index (χ2v) is 13.8. The van der Waals surface area contributed by atoms with Crippen LogP contribution in [0.1, 0.15) is 0 Å². The Kier molecular flexibility index (Phi) is 7.55. The van der Waals surface area contributed by atoms with Gasteiger partial charge in [0.15, 0.2) is 0 Å². The van der Waals surface area contributed by atoms with E-state index >= 15 is 0 Å². The van der Waals surface area contributed by atoms with Gasteiger partial charge in [0.2, 0.25) is 0 Å². The average molecular weight is 674 g/mol. The molecular formula is C52H35N. The summed E-state index contributed by atoms with van der Waals surface area (Å²) in [4.78, 5) is 2.35. The first kappa shape index (κ1) is 30.8. The first-order valence-electron chi connectivity index (χ1n) is 18.2. The summed E-state index contributed by atoms with van der Waals surface area (Å²) in [6, 6.07) is 77.2. The van der Waals surface area contributed by atoms with Crippen LogP contribution in [0.2, 0.25) is 0 Å². The van der Waals surface area contributed by atoms with E-state index in [1.54, 1.807) is 0 Å². The summed E-state index contributed by atoms with van der Waals surface area (Å²) in [5, 5.41) is 10.2. The summed E-state index contributed by atoms with van der Waals surface area (Å²) in [6.45, 7) is 0. The molecular weight excluding hydrogens is 639 g/mol. The van der Waals surface area contributed by atoms with Crippen molar-refractivity contribution in [3.63, 3.8) is 0 Å². The second-order valence-electron chi connectivity index (χ2n) is 13.8. The largest absolute Gasteiger partial charge is 0.311 e. The molecule has 0 spiro atoms. The van der Waals surface area contributed by atoms with Gasteiger partial charge in [0, 0.05) is 17.1 Å². The van der Waals surface area contributed by atoms with Crippen LogP contribution < -0.4 is 4.90 Å². The highest BCUT2D eigenvalue weighted by molar-refractivity contribution is 6.20. The van der Waals surface area contributed by atoms with Gasteiger partial charge in [-0.25, -0.2) is 0 Å². The molecule has 0 bridgehead atoms. The number of anilines is 3. The van der Waals surface area contributed by atoms with E-state index in [9.17, 15) is 0 Å². The van der Waals surface area contributed by atoms with Gasteiger partial charge in [-0.15, -0.1) is 0 Å². The number of hydrogen-bond acceptors (Lipinski definition) is 1. The van der Waals surface area contributed by atoms with Crippen LogP contribution in [0.5, 0.6) is 0 Å². The van der Waals surface area contributed by atoms with Gasteiger partial charge in [-0.2, -0.15) is 0 Å². The van der Waals surface area contributed by atoms with Crippen molar-refractivity contribution in [2.45, 2.75) is 0 Å². The van der Waals surface area contributed by atoms with E-state index in [0.717, 1.165) is 17.1 Å². The topological polar surface area (TPSA) is 3.24 Å². The van der Waals surface area contributed by atoms with E-state index in [-0.39, 0.29) is 0 Å². The summed E-state index contributed by atoms with van der Waals surface area (Å²) < 4.78 is 0. The van der Waals surface area contributed by atoms with Crippen molar-refractivity contribution < 1.29 is 0 Å². The summed E-state index contributed by atoms with van der Waals surface area (Å²) in [5.41, 5.74) is 10.6. The Labute approximate surface area is 309 Å². The van der Waals surface area contributed by atoms with Crippen molar-refractivity contribution >= 4 is 60.2 Å². The van der Waals surface area contributed by atoms with Gasteiger partial charge in [-0.1, -0.05) is 164 Å². The molecule has 0 N–H and O–H groups in total. The monoisotopic (exact) mass is 673 g/mol. The van der Waals surface area contributed by atoms with Crippen LogP contribution in [-0.4, -0.2) is 0 Å². The minimum atomic E-state index is 1.11. The first-order chi connectivity index (χ1) is 26.2. The molecule has 1 heteroatoms.